The molecule has 4 rings (SSSR count). The molecule has 160 valence electrons. The fourth-order valence-corrected chi connectivity index (χ4v) is 4.72. The van der Waals surface area contributed by atoms with Crippen molar-refractivity contribution in [2.75, 3.05) is 7.11 Å². The van der Waals surface area contributed by atoms with Gasteiger partial charge >= 0.3 is 0 Å². The van der Waals surface area contributed by atoms with Crippen molar-refractivity contribution in [3.63, 3.8) is 0 Å². The van der Waals surface area contributed by atoms with Gasteiger partial charge in [-0.25, -0.2) is 0 Å². The lowest BCUT2D eigenvalue weighted by Gasteiger charge is -2.22. The molecule has 2 aromatic heterocycles. The number of rotatable bonds is 6. The van der Waals surface area contributed by atoms with Gasteiger partial charge in [0.05, 0.1) is 29.9 Å². The molecule has 0 spiro atoms. The number of methoxy groups -OCH3 is 1. The van der Waals surface area contributed by atoms with Crippen molar-refractivity contribution in [2.45, 2.75) is 63.7 Å². The topological polar surface area (TPSA) is 53.2 Å². The Hall–Kier alpha value is -2.20. The number of fused-ring (bicyclic) bond motifs is 1. The van der Waals surface area contributed by atoms with Gasteiger partial charge in [0.1, 0.15) is 5.75 Å². The van der Waals surface area contributed by atoms with E-state index in [1.807, 2.05) is 18.3 Å². The number of aromatic amines is 2. The minimum atomic E-state index is 0.212. The van der Waals surface area contributed by atoms with Crippen LogP contribution in [0.15, 0.2) is 46.7 Å². The number of hydrogen-bond acceptors (Lipinski definition) is 2. The number of ether oxygens (including phenoxy) is 1. The molecule has 0 fully saturated rings. The number of allylic oxidation sites excluding steroid dienone is 2. The van der Waals surface area contributed by atoms with Gasteiger partial charge in [-0.15, -0.1) is 11.6 Å². The van der Waals surface area contributed by atoms with E-state index < -0.39 is 0 Å². The van der Waals surface area contributed by atoms with Crippen molar-refractivity contribution in [2.24, 2.45) is 10.9 Å². The summed E-state index contributed by atoms with van der Waals surface area (Å²) in [5.74, 6) is 1.29. The molecule has 0 saturated carbocycles. The SMILES string of the molecule is CCC(Cl)CC1CCCCCCC2=NC(=Cc3[nH]c(-c4ccc[nH]4)cc3OC)C1=C2. The Bertz CT molecular complexity index is 936. The molecule has 0 aromatic carbocycles. The number of halogens is 1. The van der Waals surface area contributed by atoms with Crippen molar-refractivity contribution in [1.82, 2.24) is 9.97 Å². The first-order valence-corrected chi connectivity index (χ1v) is 11.7. The van der Waals surface area contributed by atoms with Crippen LogP contribution in [0.25, 0.3) is 17.5 Å². The van der Waals surface area contributed by atoms with Gasteiger partial charge in [0.15, 0.2) is 0 Å². The molecule has 2 N–H and O–H groups in total. The van der Waals surface area contributed by atoms with Crippen LogP contribution in [-0.4, -0.2) is 28.2 Å². The summed E-state index contributed by atoms with van der Waals surface area (Å²) >= 11 is 6.60. The third-order valence-corrected chi connectivity index (χ3v) is 6.73. The Morgan fingerprint density at radius 1 is 1.27 bits per heavy atom. The van der Waals surface area contributed by atoms with Gasteiger partial charge < -0.3 is 14.7 Å². The molecule has 2 bridgehead atoms. The van der Waals surface area contributed by atoms with Crippen molar-refractivity contribution in [3.05, 3.63) is 47.4 Å². The molecule has 2 aliphatic rings. The minimum Gasteiger partial charge on any atom is -0.494 e. The average Bonchev–Trinajstić information content (AvgIpc) is 3.49. The number of alkyl halides is 1. The highest BCUT2D eigenvalue weighted by Crippen LogP contribution is 2.38. The van der Waals surface area contributed by atoms with Crippen LogP contribution >= 0.6 is 11.6 Å². The lowest BCUT2D eigenvalue weighted by Crippen LogP contribution is -2.12. The molecule has 30 heavy (non-hydrogen) atoms. The highest BCUT2D eigenvalue weighted by atomic mass is 35.5. The Morgan fingerprint density at radius 3 is 2.90 bits per heavy atom. The molecule has 5 heteroatoms. The number of H-pyrrole nitrogens is 2. The fourth-order valence-electron chi connectivity index (χ4n) is 4.51. The van der Waals surface area contributed by atoms with Gasteiger partial charge in [0.25, 0.3) is 0 Å². The van der Waals surface area contributed by atoms with Crippen LogP contribution in [0.4, 0.5) is 0 Å². The second kappa shape index (κ2) is 9.74. The first-order chi connectivity index (χ1) is 14.7. The van der Waals surface area contributed by atoms with Gasteiger partial charge in [0.2, 0.25) is 0 Å². The first-order valence-electron chi connectivity index (χ1n) is 11.2. The van der Waals surface area contributed by atoms with E-state index in [0.717, 1.165) is 47.8 Å². The van der Waals surface area contributed by atoms with E-state index in [-0.39, 0.29) is 5.38 Å². The van der Waals surface area contributed by atoms with Gasteiger partial charge in [-0.3, -0.25) is 4.99 Å². The van der Waals surface area contributed by atoms with Crippen LogP contribution < -0.4 is 4.74 Å². The zero-order valence-corrected chi connectivity index (χ0v) is 18.8. The minimum absolute atomic E-state index is 0.212. The number of nitrogens with one attached hydrogen (secondary N) is 2. The molecule has 1 aliphatic heterocycles. The van der Waals surface area contributed by atoms with Gasteiger partial charge in [-0.2, -0.15) is 0 Å². The van der Waals surface area contributed by atoms with E-state index in [2.05, 4.69) is 35.1 Å². The number of aromatic nitrogens is 2. The maximum Gasteiger partial charge on any atom is 0.144 e. The number of nitrogens with zero attached hydrogens (tertiary/aromatic N) is 1. The van der Waals surface area contributed by atoms with E-state index >= 15 is 0 Å². The predicted molar refractivity (Wildman–Crippen MR) is 126 cm³/mol. The predicted octanol–water partition coefficient (Wildman–Crippen LogP) is 7.12. The summed E-state index contributed by atoms with van der Waals surface area (Å²) in [6.07, 6.45) is 15.8. The summed E-state index contributed by atoms with van der Waals surface area (Å²) in [6, 6.07) is 6.09. The van der Waals surface area contributed by atoms with Crippen LogP contribution in [0.5, 0.6) is 5.75 Å². The quantitative estimate of drug-likeness (QED) is 0.475. The molecule has 0 radical (unpaired) electrons. The second-order valence-electron chi connectivity index (χ2n) is 8.37. The Balaban J connectivity index is 1.69. The monoisotopic (exact) mass is 425 g/mol. The Morgan fingerprint density at radius 2 is 2.13 bits per heavy atom. The molecule has 2 unspecified atom stereocenters. The third kappa shape index (κ3) is 4.75. The van der Waals surface area contributed by atoms with Crippen molar-refractivity contribution < 1.29 is 4.74 Å². The zero-order chi connectivity index (χ0) is 20.9. The first kappa shape index (κ1) is 21.0. The molecule has 2 aromatic rings. The highest BCUT2D eigenvalue weighted by molar-refractivity contribution is 6.20. The van der Waals surface area contributed by atoms with Crippen molar-refractivity contribution >= 4 is 23.4 Å². The fraction of sp³-hybridized carbons (Fsp3) is 0.480. The molecule has 1 aliphatic carbocycles. The molecule has 0 amide bonds. The highest BCUT2D eigenvalue weighted by Gasteiger charge is 2.26. The van der Waals surface area contributed by atoms with Crippen LogP contribution in [0.2, 0.25) is 0 Å². The largest absolute Gasteiger partial charge is 0.494 e. The van der Waals surface area contributed by atoms with E-state index in [1.165, 1.54) is 43.4 Å². The van der Waals surface area contributed by atoms with Crippen molar-refractivity contribution in [3.8, 4) is 17.1 Å². The maximum absolute atomic E-state index is 6.60. The summed E-state index contributed by atoms with van der Waals surface area (Å²) in [4.78, 5) is 11.8. The summed E-state index contributed by atoms with van der Waals surface area (Å²) in [7, 11) is 1.72. The molecule has 0 saturated heterocycles. The van der Waals surface area contributed by atoms with E-state index in [0.29, 0.717) is 5.92 Å². The second-order valence-corrected chi connectivity index (χ2v) is 8.99. The van der Waals surface area contributed by atoms with E-state index in [1.54, 1.807) is 7.11 Å². The lowest BCUT2D eigenvalue weighted by molar-refractivity contribution is 0.414. The van der Waals surface area contributed by atoms with E-state index in [9.17, 15) is 0 Å². The zero-order valence-electron chi connectivity index (χ0n) is 18.0. The molecule has 4 nitrogen and oxygen atoms in total. The van der Waals surface area contributed by atoms with Crippen LogP contribution in [-0.2, 0) is 0 Å². The Labute approximate surface area is 184 Å². The molecular formula is C25H32ClN3O. The number of hydrogen-bond donors (Lipinski definition) is 2. The molecule has 2 atom stereocenters. The van der Waals surface area contributed by atoms with Crippen LogP contribution in [0.3, 0.4) is 0 Å². The van der Waals surface area contributed by atoms with Gasteiger partial charge in [-0.1, -0.05) is 26.2 Å². The summed E-state index contributed by atoms with van der Waals surface area (Å²) in [5, 5.41) is 0.212. The normalized spacial score (nSPS) is 22.0. The maximum atomic E-state index is 6.60. The lowest BCUT2D eigenvalue weighted by atomic mass is 9.85. The van der Waals surface area contributed by atoms with E-state index in [4.69, 9.17) is 21.3 Å². The standard InChI is InChI=1S/C25H32ClN3O/c1-3-18(26)13-17-9-6-4-5-7-10-19-14-20(17)22(28-19)15-24-25(30-2)16-23(29-24)21-11-8-12-27-21/h8,11-12,14-18,27,29H,3-7,9-10,13H2,1-2H3. The number of aliphatic imine (C=N–C) groups is 1. The van der Waals surface area contributed by atoms with Crippen molar-refractivity contribution in [1.29, 1.82) is 0 Å². The van der Waals surface area contributed by atoms with Gasteiger partial charge in [0, 0.05) is 23.4 Å². The van der Waals surface area contributed by atoms with Crippen LogP contribution in [0, 0.1) is 5.92 Å². The molecular weight excluding hydrogens is 394 g/mol. The molecule has 3 heterocycles. The average molecular weight is 426 g/mol. The third-order valence-electron chi connectivity index (χ3n) is 6.24. The summed E-state index contributed by atoms with van der Waals surface area (Å²) in [6.45, 7) is 2.17. The summed E-state index contributed by atoms with van der Waals surface area (Å²) < 4.78 is 5.67. The summed E-state index contributed by atoms with van der Waals surface area (Å²) in [5.41, 5.74) is 6.64. The smallest absolute Gasteiger partial charge is 0.144 e. The van der Waals surface area contributed by atoms with Gasteiger partial charge in [-0.05, 0) is 67.9 Å². The Kier molecular flexibility index (Phi) is 6.83. The van der Waals surface area contributed by atoms with Crippen LogP contribution in [0.1, 0.15) is 64.0 Å².